The van der Waals surface area contributed by atoms with Gasteiger partial charge in [0, 0.05) is 12.1 Å². The van der Waals surface area contributed by atoms with Gasteiger partial charge in [-0.25, -0.2) is 0 Å². The van der Waals surface area contributed by atoms with Crippen molar-refractivity contribution in [2.24, 2.45) is 17.1 Å². The Hall–Kier alpha value is -1.35. The smallest absolute Gasteiger partial charge is 0.251 e. The van der Waals surface area contributed by atoms with Crippen LogP contribution in [-0.4, -0.2) is 19.0 Å². The highest BCUT2D eigenvalue weighted by Gasteiger charge is 2.45. The van der Waals surface area contributed by atoms with Crippen LogP contribution in [0.2, 0.25) is 0 Å². The van der Waals surface area contributed by atoms with Gasteiger partial charge in [-0.3, -0.25) is 4.79 Å². The van der Waals surface area contributed by atoms with Crippen molar-refractivity contribution in [1.82, 2.24) is 5.32 Å². The van der Waals surface area contributed by atoms with Crippen molar-refractivity contribution in [3.63, 3.8) is 0 Å². The lowest BCUT2D eigenvalue weighted by Gasteiger charge is -2.20. The van der Waals surface area contributed by atoms with Crippen LogP contribution in [-0.2, 0) is 6.42 Å². The third kappa shape index (κ3) is 3.35. The third-order valence-electron chi connectivity index (χ3n) is 4.37. The molecule has 104 valence electrons. The van der Waals surface area contributed by atoms with Gasteiger partial charge in [0.25, 0.3) is 5.91 Å². The monoisotopic (exact) mass is 260 g/mol. The molecule has 0 aromatic heterocycles. The van der Waals surface area contributed by atoms with Gasteiger partial charge >= 0.3 is 0 Å². The molecule has 1 fully saturated rings. The van der Waals surface area contributed by atoms with Gasteiger partial charge in [0.1, 0.15) is 0 Å². The third-order valence-corrected chi connectivity index (χ3v) is 4.37. The van der Waals surface area contributed by atoms with Crippen molar-refractivity contribution in [1.29, 1.82) is 0 Å². The summed E-state index contributed by atoms with van der Waals surface area (Å²) in [6.07, 6.45) is 3.33. The SMILES string of the molecule is CC(C)C1(CNC(=O)c2ccc(CCN)cc2)CC1. The molecule has 1 aromatic carbocycles. The highest BCUT2D eigenvalue weighted by atomic mass is 16.1. The summed E-state index contributed by atoms with van der Waals surface area (Å²) in [6.45, 7) is 5.91. The summed E-state index contributed by atoms with van der Waals surface area (Å²) in [4.78, 5) is 12.1. The Kier molecular flexibility index (Phi) is 4.25. The van der Waals surface area contributed by atoms with Crippen LogP contribution in [0.25, 0.3) is 0 Å². The van der Waals surface area contributed by atoms with E-state index in [1.807, 2.05) is 24.3 Å². The first-order valence-corrected chi connectivity index (χ1v) is 7.14. The Labute approximate surface area is 115 Å². The minimum atomic E-state index is 0.0335. The van der Waals surface area contributed by atoms with Gasteiger partial charge in [0.15, 0.2) is 0 Å². The number of rotatable bonds is 6. The van der Waals surface area contributed by atoms with E-state index in [-0.39, 0.29) is 5.91 Å². The van der Waals surface area contributed by atoms with Gasteiger partial charge in [-0.15, -0.1) is 0 Å². The van der Waals surface area contributed by atoms with Crippen molar-refractivity contribution >= 4 is 5.91 Å². The average Bonchev–Trinajstić information content (AvgIpc) is 3.18. The number of carbonyl (C=O) groups is 1. The fourth-order valence-corrected chi connectivity index (χ4v) is 2.47. The molecule has 0 spiro atoms. The molecule has 1 aliphatic carbocycles. The first-order chi connectivity index (χ1) is 9.07. The second kappa shape index (κ2) is 5.74. The number of amides is 1. The summed E-state index contributed by atoms with van der Waals surface area (Å²) < 4.78 is 0. The molecule has 3 nitrogen and oxygen atoms in total. The molecule has 3 heteroatoms. The summed E-state index contributed by atoms with van der Waals surface area (Å²) >= 11 is 0. The van der Waals surface area contributed by atoms with Gasteiger partial charge in [-0.05, 0) is 54.8 Å². The van der Waals surface area contributed by atoms with Crippen LogP contribution in [0.4, 0.5) is 0 Å². The number of nitrogens with one attached hydrogen (secondary N) is 1. The van der Waals surface area contributed by atoms with Crippen LogP contribution in [0, 0.1) is 11.3 Å². The lowest BCUT2D eigenvalue weighted by molar-refractivity contribution is 0.0940. The summed E-state index contributed by atoms with van der Waals surface area (Å²) in [5.41, 5.74) is 7.78. The number of nitrogens with two attached hydrogens (primary N) is 1. The topological polar surface area (TPSA) is 55.1 Å². The van der Waals surface area contributed by atoms with Crippen LogP contribution in [0.5, 0.6) is 0 Å². The molecule has 1 saturated carbocycles. The molecule has 0 atom stereocenters. The van der Waals surface area contributed by atoms with E-state index in [0.29, 0.717) is 17.9 Å². The lowest BCUT2D eigenvalue weighted by Crippen LogP contribution is -2.32. The zero-order valence-corrected chi connectivity index (χ0v) is 11.9. The van der Waals surface area contributed by atoms with Crippen LogP contribution in [0.15, 0.2) is 24.3 Å². The van der Waals surface area contributed by atoms with E-state index in [1.165, 1.54) is 18.4 Å². The second-order valence-corrected chi connectivity index (χ2v) is 5.94. The summed E-state index contributed by atoms with van der Waals surface area (Å²) in [5, 5.41) is 3.07. The minimum absolute atomic E-state index is 0.0335. The summed E-state index contributed by atoms with van der Waals surface area (Å²) in [7, 11) is 0. The van der Waals surface area contributed by atoms with E-state index in [9.17, 15) is 4.79 Å². The van der Waals surface area contributed by atoms with E-state index in [4.69, 9.17) is 5.73 Å². The van der Waals surface area contributed by atoms with Crippen LogP contribution in [0.3, 0.4) is 0 Å². The fourth-order valence-electron chi connectivity index (χ4n) is 2.47. The van der Waals surface area contributed by atoms with Gasteiger partial charge < -0.3 is 11.1 Å². The molecular formula is C16H24N2O. The molecular weight excluding hydrogens is 236 g/mol. The molecule has 0 heterocycles. The molecule has 0 aliphatic heterocycles. The quantitative estimate of drug-likeness (QED) is 0.825. The summed E-state index contributed by atoms with van der Waals surface area (Å²) in [5.74, 6) is 0.672. The van der Waals surface area contributed by atoms with E-state index in [1.54, 1.807) is 0 Å². The van der Waals surface area contributed by atoms with E-state index >= 15 is 0 Å². The highest BCUT2D eigenvalue weighted by Crippen LogP contribution is 2.51. The fraction of sp³-hybridized carbons (Fsp3) is 0.562. The largest absolute Gasteiger partial charge is 0.351 e. The van der Waals surface area contributed by atoms with Crippen molar-refractivity contribution in [2.75, 3.05) is 13.1 Å². The zero-order chi connectivity index (χ0) is 13.9. The number of benzene rings is 1. The first-order valence-electron chi connectivity index (χ1n) is 7.14. The number of hydrogen-bond acceptors (Lipinski definition) is 2. The Morgan fingerprint density at radius 2 is 1.95 bits per heavy atom. The van der Waals surface area contributed by atoms with Gasteiger partial charge in [0.2, 0.25) is 0 Å². The van der Waals surface area contributed by atoms with Crippen molar-refractivity contribution < 1.29 is 4.79 Å². The summed E-state index contributed by atoms with van der Waals surface area (Å²) in [6, 6.07) is 7.73. The van der Waals surface area contributed by atoms with Crippen LogP contribution < -0.4 is 11.1 Å². The second-order valence-electron chi connectivity index (χ2n) is 5.94. The first kappa shape index (κ1) is 14.1. The molecule has 0 bridgehead atoms. The van der Waals surface area contributed by atoms with Crippen molar-refractivity contribution in [2.45, 2.75) is 33.1 Å². The van der Waals surface area contributed by atoms with Gasteiger partial charge in [-0.1, -0.05) is 26.0 Å². The van der Waals surface area contributed by atoms with Crippen molar-refractivity contribution in [3.05, 3.63) is 35.4 Å². The van der Waals surface area contributed by atoms with E-state index in [2.05, 4.69) is 19.2 Å². The Morgan fingerprint density at radius 1 is 1.32 bits per heavy atom. The van der Waals surface area contributed by atoms with E-state index < -0.39 is 0 Å². The Morgan fingerprint density at radius 3 is 2.42 bits per heavy atom. The number of carbonyl (C=O) groups excluding carboxylic acids is 1. The number of hydrogen-bond donors (Lipinski definition) is 2. The van der Waals surface area contributed by atoms with Crippen molar-refractivity contribution in [3.8, 4) is 0 Å². The minimum Gasteiger partial charge on any atom is -0.351 e. The molecule has 1 aromatic rings. The molecule has 2 rings (SSSR count). The molecule has 0 saturated heterocycles. The Balaban J connectivity index is 1.89. The maximum atomic E-state index is 12.1. The lowest BCUT2D eigenvalue weighted by atomic mass is 9.92. The standard InChI is InChI=1S/C16H24N2O/c1-12(2)16(8-9-16)11-18-15(19)14-5-3-13(4-6-14)7-10-17/h3-6,12H,7-11,17H2,1-2H3,(H,18,19). The molecule has 19 heavy (non-hydrogen) atoms. The molecule has 3 N–H and O–H groups in total. The Bertz CT molecular complexity index is 433. The van der Waals surface area contributed by atoms with Gasteiger partial charge in [0.05, 0.1) is 0 Å². The molecule has 1 aliphatic rings. The molecule has 0 radical (unpaired) electrons. The van der Waals surface area contributed by atoms with Crippen LogP contribution >= 0.6 is 0 Å². The van der Waals surface area contributed by atoms with E-state index in [0.717, 1.165) is 18.5 Å². The maximum Gasteiger partial charge on any atom is 0.251 e. The molecule has 0 unspecified atom stereocenters. The predicted octanol–water partition coefficient (Wildman–Crippen LogP) is 2.35. The van der Waals surface area contributed by atoms with Gasteiger partial charge in [-0.2, -0.15) is 0 Å². The highest BCUT2D eigenvalue weighted by molar-refractivity contribution is 5.94. The predicted molar refractivity (Wildman–Crippen MR) is 78.0 cm³/mol. The molecule has 1 amide bonds. The normalized spacial score (nSPS) is 16.4. The average molecular weight is 260 g/mol. The maximum absolute atomic E-state index is 12.1. The van der Waals surface area contributed by atoms with Crippen LogP contribution in [0.1, 0.15) is 42.6 Å². The zero-order valence-electron chi connectivity index (χ0n) is 11.9.